The molecule has 0 aliphatic heterocycles. The van der Waals surface area contributed by atoms with Crippen LogP contribution in [0.25, 0.3) is 28.1 Å². The zero-order chi connectivity index (χ0) is 21.4. The number of thioether (sulfide) groups is 1. The Morgan fingerprint density at radius 3 is 2.84 bits per heavy atom. The summed E-state index contributed by atoms with van der Waals surface area (Å²) >= 11 is 1.21. The third-order valence-corrected chi connectivity index (χ3v) is 5.67. The summed E-state index contributed by atoms with van der Waals surface area (Å²) in [5.74, 6) is 0.540. The second-order valence-electron chi connectivity index (χ2n) is 6.87. The van der Waals surface area contributed by atoms with Crippen molar-refractivity contribution in [3.63, 3.8) is 0 Å². The van der Waals surface area contributed by atoms with Crippen LogP contribution in [0.4, 0.5) is 10.1 Å². The lowest BCUT2D eigenvalue weighted by atomic mass is 10.2. The van der Waals surface area contributed by atoms with E-state index in [9.17, 15) is 9.18 Å². The quantitative estimate of drug-likeness (QED) is 0.404. The summed E-state index contributed by atoms with van der Waals surface area (Å²) in [6.45, 7) is 1.67. The van der Waals surface area contributed by atoms with Gasteiger partial charge in [-0.1, -0.05) is 30.0 Å². The molecular weight excluding hydrogens is 417 g/mol. The van der Waals surface area contributed by atoms with E-state index < -0.39 is 0 Å². The Balaban J connectivity index is 1.47. The highest BCUT2D eigenvalue weighted by Crippen LogP contribution is 2.29. The first kappa shape index (κ1) is 19.3. The first-order valence-corrected chi connectivity index (χ1v) is 10.5. The number of amides is 1. The van der Waals surface area contributed by atoms with E-state index in [1.54, 1.807) is 35.8 Å². The topological polar surface area (TPSA) is 85.3 Å². The number of nitrogens with zero attached hydrogens (tertiary/aromatic N) is 4. The van der Waals surface area contributed by atoms with E-state index in [-0.39, 0.29) is 17.5 Å². The first-order valence-electron chi connectivity index (χ1n) is 9.47. The number of para-hydroxylation sites is 1. The maximum atomic E-state index is 13.7. The third kappa shape index (κ3) is 3.64. The Kier molecular flexibility index (Phi) is 4.87. The van der Waals surface area contributed by atoms with Crippen molar-refractivity contribution >= 4 is 39.9 Å². The van der Waals surface area contributed by atoms with Gasteiger partial charge in [-0.15, -0.1) is 10.2 Å². The predicted octanol–water partition coefficient (Wildman–Crippen LogP) is 4.72. The molecule has 0 radical (unpaired) electrons. The Labute approximate surface area is 180 Å². The number of aryl methyl sites for hydroxylation is 1. The van der Waals surface area contributed by atoms with Crippen LogP contribution in [0.5, 0.6) is 0 Å². The second kappa shape index (κ2) is 7.84. The fourth-order valence-electron chi connectivity index (χ4n) is 3.22. The van der Waals surface area contributed by atoms with Crippen molar-refractivity contribution in [1.82, 2.24) is 19.6 Å². The Morgan fingerprint density at radius 1 is 1.16 bits per heavy atom. The molecule has 7 nitrogen and oxygen atoms in total. The first-order chi connectivity index (χ1) is 15.1. The van der Waals surface area contributed by atoms with Gasteiger partial charge >= 0.3 is 0 Å². The van der Waals surface area contributed by atoms with Crippen molar-refractivity contribution in [2.24, 2.45) is 0 Å². The number of carbonyl (C=O) groups is 1. The third-order valence-electron chi connectivity index (χ3n) is 4.75. The largest absolute Gasteiger partial charge is 0.461 e. The van der Waals surface area contributed by atoms with E-state index in [1.807, 2.05) is 30.3 Å². The van der Waals surface area contributed by atoms with Gasteiger partial charge in [0.1, 0.15) is 5.82 Å². The highest BCUT2D eigenvalue weighted by atomic mass is 32.2. The van der Waals surface area contributed by atoms with Crippen molar-refractivity contribution in [3.05, 3.63) is 72.2 Å². The van der Waals surface area contributed by atoms with Crippen LogP contribution in [-0.2, 0) is 4.79 Å². The van der Waals surface area contributed by atoms with Crippen LogP contribution in [0.1, 0.15) is 5.56 Å². The fourth-order valence-corrected chi connectivity index (χ4v) is 3.95. The number of anilines is 1. The molecule has 31 heavy (non-hydrogen) atoms. The minimum atomic E-state index is -0.366. The van der Waals surface area contributed by atoms with Crippen LogP contribution in [0.3, 0.4) is 0 Å². The van der Waals surface area contributed by atoms with Crippen LogP contribution in [0.15, 0.2) is 70.4 Å². The lowest BCUT2D eigenvalue weighted by Gasteiger charge is -2.08. The number of benzene rings is 2. The van der Waals surface area contributed by atoms with E-state index in [0.29, 0.717) is 33.6 Å². The molecule has 0 aliphatic carbocycles. The lowest BCUT2D eigenvalue weighted by molar-refractivity contribution is -0.113. The number of furan rings is 1. The summed E-state index contributed by atoms with van der Waals surface area (Å²) in [6.07, 6.45) is 1.57. The molecular formula is C22H16FN5O2S. The molecule has 0 spiro atoms. The standard InChI is InChI=1S/C22H16FN5O2S/c1-13-8-9-14(11-16(13)23)24-19(29)12-31-22-27-26-20-15-5-2-3-6-17(15)25-21(28(20)22)18-7-4-10-30-18/h2-11H,12H2,1H3,(H,24,29). The van der Waals surface area contributed by atoms with Crippen molar-refractivity contribution in [2.45, 2.75) is 12.1 Å². The van der Waals surface area contributed by atoms with Gasteiger partial charge in [-0.25, -0.2) is 9.37 Å². The van der Waals surface area contributed by atoms with Gasteiger partial charge in [0.25, 0.3) is 0 Å². The summed E-state index contributed by atoms with van der Waals surface area (Å²) in [5, 5.41) is 12.7. The molecule has 1 N–H and O–H groups in total. The zero-order valence-corrected chi connectivity index (χ0v) is 17.2. The van der Waals surface area contributed by atoms with E-state index >= 15 is 0 Å². The second-order valence-corrected chi connectivity index (χ2v) is 7.81. The Morgan fingerprint density at radius 2 is 2.03 bits per heavy atom. The van der Waals surface area contributed by atoms with Crippen LogP contribution >= 0.6 is 11.8 Å². The van der Waals surface area contributed by atoms with E-state index in [2.05, 4.69) is 15.5 Å². The molecule has 0 atom stereocenters. The predicted molar refractivity (Wildman–Crippen MR) is 116 cm³/mol. The molecule has 1 amide bonds. The molecule has 3 heterocycles. The summed E-state index contributed by atoms with van der Waals surface area (Å²) in [5.41, 5.74) is 2.32. The monoisotopic (exact) mass is 433 g/mol. The zero-order valence-electron chi connectivity index (χ0n) is 16.4. The number of halogens is 1. The van der Waals surface area contributed by atoms with Gasteiger partial charge < -0.3 is 9.73 Å². The molecule has 154 valence electrons. The normalized spacial score (nSPS) is 11.3. The minimum Gasteiger partial charge on any atom is -0.461 e. The van der Waals surface area contributed by atoms with Crippen LogP contribution in [0, 0.1) is 12.7 Å². The van der Waals surface area contributed by atoms with E-state index in [4.69, 9.17) is 9.40 Å². The molecule has 5 rings (SSSR count). The maximum absolute atomic E-state index is 13.7. The molecule has 0 unspecified atom stereocenters. The van der Waals surface area contributed by atoms with Gasteiger partial charge in [-0.2, -0.15) is 0 Å². The van der Waals surface area contributed by atoms with Gasteiger partial charge in [-0.3, -0.25) is 9.20 Å². The molecule has 3 aromatic heterocycles. The molecule has 0 aliphatic rings. The van der Waals surface area contributed by atoms with Gasteiger partial charge in [0.05, 0.1) is 17.5 Å². The van der Waals surface area contributed by atoms with Gasteiger partial charge in [-0.05, 0) is 48.9 Å². The van der Waals surface area contributed by atoms with Crippen molar-refractivity contribution in [2.75, 3.05) is 11.1 Å². The molecule has 0 saturated carbocycles. The lowest BCUT2D eigenvalue weighted by Crippen LogP contribution is -2.14. The summed E-state index contributed by atoms with van der Waals surface area (Å²) in [7, 11) is 0. The number of hydrogen-bond donors (Lipinski definition) is 1. The van der Waals surface area contributed by atoms with Gasteiger partial charge in [0.15, 0.2) is 22.4 Å². The Bertz CT molecular complexity index is 1410. The molecule has 0 bridgehead atoms. The maximum Gasteiger partial charge on any atom is 0.234 e. The van der Waals surface area contributed by atoms with Crippen molar-refractivity contribution in [1.29, 1.82) is 0 Å². The molecule has 0 saturated heterocycles. The van der Waals surface area contributed by atoms with E-state index in [1.165, 1.54) is 17.8 Å². The average molecular weight is 433 g/mol. The summed E-state index contributed by atoms with van der Waals surface area (Å²) < 4.78 is 21.1. The average Bonchev–Trinajstić information content (AvgIpc) is 3.45. The molecule has 2 aromatic carbocycles. The smallest absolute Gasteiger partial charge is 0.234 e. The van der Waals surface area contributed by atoms with Gasteiger partial charge in [0, 0.05) is 11.1 Å². The number of aromatic nitrogens is 4. The van der Waals surface area contributed by atoms with Crippen LogP contribution in [0.2, 0.25) is 0 Å². The van der Waals surface area contributed by atoms with E-state index in [0.717, 1.165) is 10.9 Å². The Hall–Kier alpha value is -3.72. The van der Waals surface area contributed by atoms with Crippen LogP contribution < -0.4 is 5.32 Å². The molecule has 0 fully saturated rings. The SMILES string of the molecule is Cc1ccc(NC(=O)CSc2nnc3c4ccccc4nc(-c4ccco4)n23)cc1F. The number of rotatable bonds is 5. The minimum absolute atomic E-state index is 0.0701. The summed E-state index contributed by atoms with van der Waals surface area (Å²) in [4.78, 5) is 17.1. The number of carbonyl (C=O) groups excluding carboxylic acids is 1. The molecule has 5 aromatic rings. The van der Waals surface area contributed by atoms with Crippen LogP contribution in [-0.4, -0.2) is 31.2 Å². The number of fused-ring (bicyclic) bond motifs is 3. The summed E-state index contributed by atoms with van der Waals surface area (Å²) in [6, 6.07) is 15.8. The van der Waals surface area contributed by atoms with Crippen molar-refractivity contribution in [3.8, 4) is 11.6 Å². The highest BCUT2D eigenvalue weighted by molar-refractivity contribution is 7.99. The van der Waals surface area contributed by atoms with Crippen molar-refractivity contribution < 1.29 is 13.6 Å². The highest BCUT2D eigenvalue weighted by Gasteiger charge is 2.19. The molecule has 9 heteroatoms. The number of hydrogen-bond acceptors (Lipinski definition) is 6. The van der Waals surface area contributed by atoms with Gasteiger partial charge in [0.2, 0.25) is 5.91 Å². The number of nitrogens with one attached hydrogen (secondary N) is 1. The fraction of sp³-hybridized carbons (Fsp3) is 0.0909.